The molecule has 1 fully saturated rings. The molecular weight excluding hydrogens is 172 g/mol. The normalized spacial score (nSPS) is 16.1. The molecule has 5 nitrogen and oxygen atoms in total. The van der Waals surface area contributed by atoms with Gasteiger partial charge >= 0.3 is 12.0 Å². The quantitative estimate of drug-likeness (QED) is 0.664. The fourth-order valence-corrected chi connectivity index (χ4v) is 1.22. The smallest absolute Gasteiger partial charge is 0.323 e. The number of carbonyl (C=O) groups is 2. The number of amides is 2. The highest BCUT2D eigenvalue weighted by Crippen LogP contribution is 2.23. The molecule has 0 saturated heterocycles. The van der Waals surface area contributed by atoms with E-state index in [9.17, 15) is 9.59 Å². The summed E-state index contributed by atoms with van der Waals surface area (Å²) >= 11 is 0. The number of carbonyl (C=O) groups excluding carboxylic acids is 1. The molecule has 0 atom stereocenters. The Morgan fingerprint density at radius 2 is 2.15 bits per heavy atom. The minimum Gasteiger partial charge on any atom is -0.480 e. The van der Waals surface area contributed by atoms with Gasteiger partial charge in [-0.1, -0.05) is 0 Å². The molecule has 2 N–H and O–H groups in total. The molecule has 0 unspecified atom stereocenters. The van der Waals surface area contributed by atoms with Gasteiger partial charge in [-0.2, -0.15) is 0 Å². The van der Waals surface area contributed by atoms with Gasteiger partial charge in [0.15, 0.2) is 0 Å². The first-order valence-corrected chi connectivity index (χ1v) is 4.33. The van der Waals surface area contributed by atoms with E-state index in [1.807, 2.05) is 0 Å². The predicted octanol–water partition coefficient (Wildman–Crippen LogP) is 0.265. The first-order chi connectivity index (χ1) is 6.11. The number of rotatable bonds is 3. The lowest BCUT2D eigenvalue weighted by Gasteiger charge is -2.34. The Balaban J connectivity index is 2.25. The lowest BCUT2D eigenvalue weighted by atomic mass is 9.92. The largest absolute Gasteiger partial charge is 0.480 e. The van der Waals surface area contributed by atoms with Crippen molar-refractivity contribution in [3.8, 4) is 0 Å². The Morgan fingerprint density at radius 1 is 1.54 bits per heavy atom. The van der Waals surface area contributed by atoms with Gasteiger partial charge in [-0.3, -0.25) is 4.79 Å². The SMILES string of the molecule is CN(C(=O)NCC(=O)O)C1CCC1. The van der Waals surface area contributed by atoms with Crippen molar-refractivity contribution in [1.29, 1.82) is 0 Å². The van der Waals surface area contributed by atoms with Crippen LogP contribution in [0.1, 0.15) is 19.3 Å². The van der Waals surface area contributed by atoms with Gasteiger partial charge in [0.25, 0.3) is 0 Å². The van der Waals surface area contributed by atoms with Crippen LogP contribution in [-0.2, 0) is 4.79 Å². The summed E-state index contributed by atoms with van der Waals surface area (Å²) in [7, 11) is 1.70. The van der Waals surface area contributed by atoms with Crippen LogP contribution in [0.2, 0.25) is 0 Å². The molecule has 0 aromatic heterocycles. The molecule has 0 aromatic rings. The summed E-state index contributed by atoms with van der Waals surface area (Å²) in [4.78, 5) is 23.0. The number of nitrogens with zero attached hydrogens (tertiary/aromatic N) is 1. The van der Waals surface area contributed by atoms with Gasteiger partial charge in [-0.25, -0.2) is 4.79 Å². The molecule has 0 radical (unpaired) electrons. The van der Waals surface area contributed by atoms with Crippen LogP contribution in [0.25, 0.3) is 0 Å². The molecule has 2 amide bonds. The number of carboxylic acid groups (broad SMARTS) is 1. The molecule has 5 heteroatoms. The molecule has 0 bridgehead atoms. The van der Waals surface area contributed by atoms with E-state index >= 15 is 0 Å². The van der Waals surface area contributed by atoms with Crippen molar-refractivity contribution >= 4 is 12.0 Å². The second-order valence-electron chi connectivity index (χ2n) is 3.25. The van der Waals surface area contributed by atoms with Crippen molar-refractivity contribution in [1.82, 2.24) is 10.2 Å². The van der Waals surface area contributed by atoms with Crippen LogP contribution in [0, 0.1) is 0 Å². The summed E-state index contributed by atoms with van der Waals surface area (Å²) in [5, 5.41) is 10.6. The van der Waals surface area contributed by atoms with Crippen molar-refractivity contribution in [3.05, 3.63) is 0 Å². The first-order valence-electron chi connectivity index (χ1n) is 4.33. The highest BCUT2D eigenvalue weighted by Gasteiger charge is 2.25. The van der Waals surface area contributed by atoms with Crippen molar-refractivity contribution in [2.75, 3.05) is 13.6 Å². The Kier molecular flexibility index (Phi) is 3.11. The monoisotopic (exact) mass is 186 g/mol. The third-order valence-corrected chi connectivity index (χ3v) is 2.33. The van der Waals surface area contributed by atoms with E-state index < -0.39 is 5.97 Å². The molecule has 1 rings (SSSR count). The minimum atomic E-state index is -1.02. The Morgan fingerprint density at radius 3 is 2.54 bits per heavy atom. The maximum atomic E-state index is 11.2. The zero-order valence-corrected chi connectivity index (χ0v) is 7.62. The third kappa shape index (κ3) is 2.61. The number of urea groups is 1. The summed E-state index contributed by atoms with van der Waals surface area (Å²) < 4.78 is 0. The van der Waals surface area contributed by atoms with Crippen molar-refractivity contribution in [2.24, 2.45) is 0 Å². The van der Waals surface area contributed by atoms with Crippen molar-refractivity contribution in [3.63, 3.8) is 0 Å². The minimum absolute atomic E-state index is 0.299. The molecule has 0 aromatic carbocycles. The number of carboxylic acids is 1. The van der Waals surface area contributed by atoms with E-state index in [2.05, 4.69) is 5.32 Å². The number of aliphatic carboxylic acids is 1. The van der Waals surface area contributed by atoms with Gasteiger partial charge in [0.05, 0.1) is 0 Å². The van der Waals surface area contributed by atoms with Gasteiger partial charge in [0.2, 0.25) is 0 Å². The molecule has 1 saturated carbocycles. The second kappa shape index (κ2) is 4.11. The van der Waals surface area contributed by atoms with E-state index in [4.69, 9.17) is 5.11 Å². The van der Waals surface area contributed by atoms with E-state index in [0.29, 0.717) is 6.04 Å². The van der Waals surface area contributed by atoms with E-state index in [0.717, 1.165) is 19.3 Å². The van der Waals surface area contributed by atoms with Gasteiger partial charge in [0, 0.05) is 13.1 Å². The average molecular weight is 186 g/mol. The zero-order valence-electron chi connectivity index (χ0n) is 7.62. The molecule has 13 heavy (non-hydrogen) atoms. The summed E-state index contributed by atoms with van der Waals surface area (Å²) in [5.41, 5.74) is 0. The fraction of sp³-hybridized carbons (Fsp3) is 0.750. The molecule has 0 spiro atoms. The molecule has 1 aliphatic carbocycles. The highest BCUT2D eigenvalue weighted by molar-refractivity contribution is 5.80. The summed E-state index contributed by atoms with van der Waals surface area (Å²) in [6.07, 6.45) is 3.20. The number of hydrogen-bond donors (Lipinski definition) is 2. The molecular formula is C8H14N2O3. The molecule has 0 heterocycles. The summed E-state index contributed by atoms with van der Waals surface area (Å²) in [6, 6.07) is 0.000829. The predicted molar refractivity (Wildman–Crippen MR) is 46.4 cm³/mol. The van der Waals surface area contributed by atoms with Crippen LogP contribution in [0.3, 0.4) is 0 Å². The highest BCUT2D eigenvalue weighted by atomic mass is 16.4. The van der Waals surface area contributed by atoms with Crippen LogP contribution in [-0.4, -0.2) is 41.6 Å². The Labute approximate surface area is 76.7 Å². The maximum Gasteiger partial charge on any atom is 0.323 e. The second-order valence-corrected chi connectivity index (χ2v) is 3.25. The first kappa shape index (κ1) is 9.83. The standard InChI is InChI=1S/C8H14N2O3/c1-10(6-3-2-4-6)8(13)9-5-7(11)12/h6H,2-5H2,1H3,(H,9,13)(H,11,12). The van der Waals surface area contributed by atoms with Crippen LogP contribution >= 0.6 is 0 Å². The molecule has 74 valence electrons. The van der Waals surface area contributed by atoms with Gasteiger partial charge < -0.3 is 15.3 Å². The maximum absolute atomic E-state index is 11.2. The van der Waals surface area contributed by atoms with Crippen LogP contribution < -0.4 is 5.32 Å². The Hall–Kier alpha value is -1.26. The van der Waals surface area contributed by atoms with Gasteiger partial charge in [0.1, 0.15) is 6.54 Å². The van der Waals surface area contributed by atoms with E-state index in [1.54, 1.807) is 11.9 Å². The summed E-state index contributed by atoms with van der Waals surface area (Å²) in [6.45, 7) is -0.310. The van der Waals surface area contributed by atoms with Crippen LogP contribution in [0.4, 0.5) is 4.79 Å². The van der Waals surface area contributed by atoms with Crippen molar-refractivity contribution in [2.45, 2.75) is 25.3 Å². The van der Waals surface area contributed by atoms with E-state index in [-0.39, 0.29) is 12.6 Å². The van der Waals surface area contributed by atoms with Crippen LogP contribution in [0.15, 0.2) is 0 Å². The lowest BCUT2D eigenvalue weighted by molar-refractivity contribution is -0.135. The van der Waals surface area contributed by atoms with Crippen LogP contribution in [0.5, 0.6) is 0 Å². The van der Waals surface area contributed by atoms with Crippen molar-refractivity contribution < 1.29 is 14.7 Å². The number of hydrogen-bond acceptors (Lipinski definition) is 2. The van der Waals surface area contributed by atoms with Gasteiger partial charge in [-0.15, -0.1) is 0 Å². The lowest BCUT2D eigenvalue weighted by Crippen LogP contribution is -2.47. The van der Waals surface area contributed by atoms with E-state index in [1.165, 1.54) is 0 Å². The average Bonchev–Trinajstić information content (AvgIpc) is 1.96. The molecule has 1 aliphatic rings. The topological polar surface area (TPSA) is 69.6 Å². The van der Waals surface area contributed by atoms with Gasteiger partial charge in [-0.05, 0) is 19.3 Å². The third-order valence-electron chi connectivity index (χ3n) is 2.33. The number of nitrogens with one attached hydrogen (secondary N) is 1. The Bertz CT molecular complexity index is 213. The zero-order chi connectivity index (χ0) is 9.84. The summed E-state index contributed by atoms with van der Waals surface area (Å²) in [5.74, 6) is -1.02. The molecule has 0 aliphatic heterocycles. The fourth-order valence-electron chi connectivity index (χ4n) is 1.22.